The predicted molar refractivity (Wildman–Crippen MR) is 85.0 cm³/mol. The van der Waals surface area contributed by atoms with E-state index in [-0.39, 0.29) is 5.56 Å². The van der Waals surface area contributed by atoms with Crippen molar-refractivity contribution in [2.75, 3.05) is 14.2 Å². The molecule has 2 rings (SSSR count). The lowest BCUT2D eigenvalue weighted by Crippen LogP contribution is -2.56. The van der Waals surface area contributed by atoms with E-state index in [0.717, 1.165) is 12.8 Å². The largest absolute Gasteiger partial charge is 0.493 e. The fourth-order valence-electron chi connectivity index (χ4n) is 3.00. The fraction of sp³-hybridized carbons (Fsp3) is 0.529. The van der Waals surface area contributed by atoms with Crippen molar-refractivity contribution >= 4 is 11.9 Å². The molecule has 1 aromatic carbocycles. The lowest BCUT2D eigenvalue weighted by Gasteiger charge is -2.36. The van der Waals surface area contributed by atoms with Crippen molar-refractivity contribution in [2.45, 2.75) is 38.1 Å². The number of carboxylic acids is 1. The molecule has 0 spiro atoms. The van der Waals surface area contributed by atoms with E-state index in [0.29, 0.717) is 30.3 Å². The van der Waals surface area contributed by atoms with Gasteiger partial charge in [-0.1, -0.05) is 13.0 Å². The van der Waals surface area contributed by atoms with Gasteiger partial charge in [0.15, 0.2) is 11.5 Å². The summed E-state index contributed by atoms with van der Waals surface area (Å²) in [7, 11) is 2.94. The molecule has 1 aliphatic rings. The van der Waals surface area contributed by atoms with Gasteiger partial charge in [-0.2, -0.15) is 0 Å². The third kappa shape index (κ3) is 3.41. The summed E-state index contributed by atoms with van der Waals surface area (Å²) in [5.74, 6) is -0.234. The molecule has 0 bridgehead atoms. The van der Waals surface area contributed by atoms with Crippen LogP contribution in [0.5, 0.6) is 11.5 Å². The van der Waals surface area contributed by atoms with Crippen LogP contribution in [0.4, 0.5) is 0 Å². The van der Waals surface area contributed by atoms with Gasteiger partial charge in [-0.3, -0.25) is 4.79 Å². The van der Waals surface area contributed by atoms with Gasteiger partial charge in [0.1, 0.15) is 5.54 Å². The number of amides is 1. The van der Waals surface area contributed by atoms with E-state index in [4.69, 9.17) is 9.47 Å². The summed E-state index contributed by atoms with van der Waals surface area (Å²) in [5.41, 5.74) is -0.941. The Bertz CT molecular complexity index is 591. The molecule has 0 atom stereocenters. The first-order valence-corrected chi connectivity index (χ1v) is 7.70. The van der Waals surface area contributed by atoms with Crippen LogP contribution in [0.3, 0.4) is 0 Å². The Balaban J connectivity index is 2.28. The minimum atomic E-state index is -1.21. The molecule has 1 aliphatic carbocycles. The van der Waals surface area contributed by atoms with E-state index >= 15 is 0 Å². The second kappa shape index (κ2) is 6.89. The number of hydrogen-bond acceptors (Lipinski definition) is 4. The molecule has 1 fully saturated rings. The lowest BCUT2D eigenvalue weighted by molar-refractivity contribution is -0.146. The van der Waals surface area contributed by atoms with Crippen LogP contribution < -0.4 is 14.8 Å². The van der Waals surface area contributed by atoms with Crippen LogP contribution in [0.2, 0.25) is 0 Å². The number of methoxy groups -OCH3 is 2. The van der Waals surface area contributed by atoms with Gasteiger partial charge in [-0.25, -0.2) is 4.79 Å². The van der Waals surface area contributed by atoms with Crippen molar-refractivity contribution in [2.24, 2.45) is 5.92 Å². The van der Waals surface area contributed by atoms with E-state index < -0.39 is 17.4 Å². The highest BCUT2D eigenvalue weighted by Gasteiger charge is 2.43. The minimum Gasteiger partial charge on any atom is -0.493 e. The van der Waals surface area contributed by atoms with Gasteiger partial charge in [0.2, 0.25) is 0 Å². The summed E-state index contributed by atoms with van der Waals surface area (Å²) in [6.07, 6.45) is 2.42. The Labute approximate surface area is 135 Å². The van der Waals surface area contributed by atoms with Crippen molar-refractivity contribution < 1.29 is 24.2 Å². The maximum atomic E-state index is 12.6. The second-order valence-electron chi connectivity index (χ2n) is 6.06. The third-order valence-corrected chi connectivity index (χ3v) is 4.54. The molecule has 0 aliphatic heterocycles. The van der Waals surface area contributed by atoms with Gasteiger partial charge >= 0.3 is 5.97 Å². The Hall–Kier alpha value is -2.24. The van der Waals surface area contributed by atoms with Crippen molar-refractivity contribution in [3.8, 4) is 11.5 Å². The average molecular weight is 321 g/mol. The summed E-state index contributed by atoms with van der Waals surface area (Å²) in [6.45, 7) is 2.10. The summed E-state index contributed by atoms with van der Waals surface area (Å²) >= 11 is 0. The van der Waals surface area contributed by atoms with E-state index in [1.165, 1.54) is 14.2 Å². The maximum Gasteiger partial charge on any atom is 0.329 e. The smallest absolute Gasteiger partial charge is 0.329 e. The van der Waals surface area contributed by atoms with Gasteiger partial charge in [-0.15, -0.1) is 0 Å². The normalized spacial score (nSPS) is 23.9. The summed E-state index contributed by atoms with van der Waals surface area (Å²) in [6, 6.07) is 4.95. The second-order valence-corrected chi connectivity index (χ2v) is 6.06. The number of hydrogen-bond donors (Lipinski definition) is 2. The maximum absolute atomic E-state index is 12.6. The third-order valence-electron chi connectivity index (χ3n) is 4.54. The summed E-state index contributed by atoms with van der Waals surface area (Å²) in [5, 5.41) is 12.3. The minimum absolute atomic E-state index is 0.270. The number of benzene rings is 1. The first kappa shape index (κ1) is 17.1. The number of carbonyl (C=O) groups is 2. The quantitative estimate of drug-likeness (QED) is 0.870. The molecule has 6 nitrogen and oxygen atoms in total. The Morgan fingerprint density at radius 2 is 1.87 bits per heavy atom. The van der Waals surface area contributed by atoms with Crippen molar-refractivity contribution in [3.05, 3.63) is 23.8 Å². The lowest BCUT2D eigenvalue weighted by atomic mass is 9.77. The molecule has 2 N–H and O–H groups in total. The van der Waals surface area contributed by atoms with Crippen LogP contribution in [0, 0.1) is 5.92 Å². The number of rotatable bonds is 5. The first-order valence-electron chi connectivity index (χ1n) is 7.70. The van der Waals surface area contributed by atoms with E-state index in [1.807, 2.05) is 0 Å². The zero-order valence-corrected chi connectivity index (χ0v) is 13.7. The summed E-state index contributed by atoms with van der Waals surface area (Å²) < 4.78 is 10.4. The molecule has 0 unspecified atom stereocenters. The molecule has 1 aromatic rings. The molecular weight excluding hydrogens is 298 g/mol. The number of carbonyl (C=O) groups excluding carboxylic acids is 1. The van der Waals surface area contributed by atoms with Gasteiger partial charge in [0.05, 0.1) is 19.8 Å². The zero-order chi connectivity index (χ0) is 17.0. The van der Waals surface area contributed by atoms with E-state index in [2.05, 4.69) is 12.2 Å². The standard InChI is InChI=1S/C17H23NO5/c1-11-7-9-17(10-8-11,16(20)21)18-15(19)12-5-4-6-13(22-2)14(12)23-3/h4-6,11H,7-10H2,1-3H3,(H,18,19)(H,20,21). The highest BCUT2D eigenvalue weighted by molar-refractivity contribution is 6.00. The van der Waals surface area contributed by atoms with E-state index in [1.54, 1.807) is 18.2 Å². The van der Waals surface area contributed by atoms with Gasteiger partial charge in [-0.05, 0) is 43.7 Å². The van der Waals surface area contributed by atoms with Crippen LogP contribution in [-0.2, 0) is 4.79 Å². The molecule has 1 amide bonds. The van der Waals surface area contributed by atoms with Gasteiger partial charge in [0, 0.05) is 0 Å². The first-order chi connectivity index (χ1) is 10.9. The highest BCUT2D eigenvalue weighted by Crippen LogP contribution is 2.34. The van der Waals surface area contributed by atoms with Crippen molar-refractivity contribution in [1.29, 1.82) is 0 Å². The van der Waals surface area contributed by atoms with Crippen molar-refractivity contribution in [3.63, 3.8) is 0 Å². The van der Waals surface area contributed by atoms with Crippen molar-refractivity contribution in [1.82, 2.24) is 5.32 Å². The Kier molecular flexibility index (Phi) is 5.13. The predicted octanol–water partition coefficient (Wildman–Crippen LogP) is 2.47. The molecule has 1 saturated carbocycles. The van der Waals surface area contributed by atoms with Crippen LogP contribution in [0.25, 0.3) is 0 Å². The molecule has 6 heteroatoms. The Morgan fingerprint density at radius 3 is 2.39 bits per heavy atom. The van der Waals surface area contributed by atoms with E-state index in [9.17, 15) is 14.7 Å². The molecule has 0 heterocycles. The van der Waals surface area contributed by atoms with Crippen LogP contribution >= 0.6 is 0 Å². The summed E-state index contributed by atoms with van der Waals surface area (Å²) in [4.78, 5) is 24.4. The zero-order valence-electron chi connectivity index (χ0n) is 13.7. The molecule has 126 valence electrons. The number of para-hydroxylation sites is 1. The van der Waals surface area contributed by atoms with Crippen LogP contribution in [0.15, 0.2) is 18.2 Å². The number of carboxylic acid groups (broad SMARTS) is 1. The molecule has 23 heavy (non-hydrogen) atoms. The average Bonchev–Trinajstić information content (AvgIpc) is 2.55. The van der Waals surface area contributed by atoms with Crippen LogP contribution in [0.1, 0.15) is 43.0 Å². The number of aliphatic carboxylic acids is 1. The van der Waals surface area contributed by atoms with Gasteiger partial charge in [0.25, 0.3) is 5.91 Å². The fourth-order valence-corrected chi connectivity index (χ4v) is 3.00. The Morgan fingerprint density at radius 1 is 1.22 bits per heavy atom. The van der Waals surface area contributed by atoms with Gasteiger partial charge < -0.3 is 19.9 Å². The molecule has 0 radical (unpaired) electrons. The molecule has 0 aromatic heterocycles. The van der Waals surface area contributed by atoms with Crippen LogP contribution in [-0.4, -0.2) is 36.7 Å². The molecular formula is C17H23NO5. The SMILES string of the molecule is COc1cccc(C(=O)NC2(C(=O)O)CCC(C)CC2)c1OC. The molecule has 0 saturated heterocycles. The monoisotopic (exact) mass is 321 g/mol. The number of ether oxygens (including phenoxy) is 2. The number of nitrogens with one attached hydrogen (secondary N) is 1. The highest BCUT2D eigenvalue weighted by atomic mass is 16.5. The topological polar surface area (TPSA) is 84.9 Å².